The Bertz CT molecular complexity index is 344. The molecule has 80 valence electrons. The van der Waals surface area contributed by atoms with Gasteiger partial charge in [0.05, 0.1) is 6.07 Å². The van der Waals surface area contributed by atoms with Crippen molar-refractivity contribution in [3.63, 3.8) is 0 Å². The molecule has 0 heterocycles. The molecule has 0 amide bonds. The van der Waals surface area contributed by atoms with Gasteiger partial charge >= 0.3 is 0 Å². The summed E-state index contributed by atoms with van der Waals surface area (Å²) in [5.74, 6) is 0. The van der Waals surface area contributed by atoms with Gasteiger partial charge in [-0.2, -0.15) is 5.26 Å². The third kappa shape index (κ3) is 6.51. The summed E-state index contributed by atoms with van der Waals surface area (Å²) in [5, 5.41) is 8.56. The van der Waals surface area contributed by atoms with Crippen LogP contribution in [0.4, 0.5) is 0 Å². The predicted octanol–water partition coefficient (Wildman–Crippen LogP) is 4.32. The maximum absolute atomic E-state index is 8.56. The van der Waals surface area contributed by atoms with Gasteiger partial charge in [0.2, 0.25) is 0 Å². The maximum Gasteiger partial charge on any atom is 0.0940 e. The Morgan fingerprint density at radius 2 is 1.73 bits per heavy atom. The average Bonchev–Trinajstić information content (AvgIpc) is 2.21. The van der Waals surface area contributed by atoms with E-state index in [4.69, 9.17) is 5.26 Å². The van der Waals surface area contributed by atoms with Crippen molar-refractivity contribution in [2.24, 2.45) is 0 Å². The normalized spacial score (nSPS) is 10.4. The summed E-state index contributed by atoms with van der Waals surface area (Å²) in [6.45, 7) is 13.8. The van der Waals surface area contributed by atoms with Crippen molar-refractivity contribution in [1.82, 2.24) is 0 Å². The molecule has 0 unspecified atom stereocenters. The molecule has 0 bridgehead atoms. The molecule has 0 aliphatic heterocycles. The van der Waals surface area contributed by atoms with E-state index in [1.165, 1.54) is 11.1 Å². The smallest absolute Gasteiger partial charge is 0.0940 e. The van der Waals surface area contributed by atoms with Gasteiger partial charge in [0.25, 0.3) is 0 Å². The van der Waals surface area contributed by atoms with Gasteiger partial charge in [-0.05, 0) is 39.2 Å². The van der Waals surface area contributed by atoms with Crippen LogP contribution in [-0.2, 0) is 0 Å². The average molecular weight is 201 g/mol. The van der Waals surface area contributed by atoms with Crippen molar-refractivity contribution >= 4 is 0 Å². The molecule has 0 saturated carbocycles. The molecule has 0 saturated heterocycles. The van der Waals surface area contributed by atoms with Gasteiger partial charge in [0.1, 0.15) is 0 Å². The van der Waals surface area contributed by atoms with E-state index in [2.05, 4.69) is 39.2 Å². The summed E-state index contributed by atoms with van der Waals surface area (Å²) in [6.07, 6.45) is 5.65. The zero-order valence-corrected chi connectivity index (χ0v) is 9.93. The highest BCUT2D eigenvalue weighted by molar-refractivity contribution is 5.31. The molecular formula is C14H19N. The third-order valence-electron chi connectivity index (χ3n) is 2.11. The molecule has 0 aromatic rings. The highest BCUT2D eigenvalue weighted by Gasteiger charge is 1.98. The van der Waals surface area contributed by atoms with Gasteiger partial charge in [-0.25, -0.2) is 0 Å². The van der Waals surface area contributed by atoms with E-state index in [1.54, 1.807) is 0 Å². The topological polar surface area (TPSA) is 23.8 Å². The van der Waals surface area contributed by atoms with Crippen molar-refractivity contribution in [1.29, 1.82) is 5.26 Å². The zero-order chi connectivity index (χ0) is 11.8. The monoisotopic (exact) mass is 201 g/mol. The van der Waals surface area contributed by atoms with E-state index in [9.17, 15) is 0 Å². The lowest BCUT2D eigenvalue weighted by molar-refractivity contribution is 0.962. The van der Waals surface area contributed by atoms with Crippen LogP contribution >= 0.6 is 0 Å². The van der Waals surface area contributed by atoms with Crippen LogP contribution in [0.25, 0.3) is 0 Å². The molecule has 1 nitrogen and oxygen atoms in total. The fraction of sp³-hybridized carbons (Fsp3) is 0.357. The van der Waals surface area contributed by atoms with Gasteiger partial charge in [0.15, 0.2) is 0 Å². The van der Waals surface area contributed by atoms with Crippen molar-refractivity contribution in [3.8, 4) is 6.07 Å². The lowest BCUT2D eigenvalue weighted by Gasteiger charge is -2.04. The molecule has 1 heteroatoms. The summed E-state index contributed by atoms with van der Waals surface area (Å²) < 4.78 is 0. The molecule has 0 aromatic heterocycles. The van der Waals surface area contributed by atoms with Gasteiger partial charge in [-0.1, -0.05) is 36.5 Å². The van der Waals surface area contributed by atoms with Crippen LogP contribution in [0.2, 0.25) is 0 Å². The molecule has 15 heavy (non-hydrogen) atoms. The summed E-state index contributed by atoms with van der Waals surface area (Å²) >= 11 is 0. The zero-order valence-electron chi connectivity index (χ0n) is 9.93. The van der Waals surface area contributed by atoms with Gasteiger partial charge in [0, 0.05) is 5.57 Å². The molecule has 0 fully saturated rings. The van der Waals surface area contributed by atoms with Crippen LogP contribution in [0, 0.1) is 11.3 Å². The first kappa shape index (κ1) is 13.4. The Morgan fingerprint density at radius 1 is 1.13 bits per heavy atom. The summed E-state index contributed by atoms with van der Waals surface area (Å²) in [6, 6.07) is 2.04. The molecule has 0 spiro atoms. The second kappa shape index (κ2) is 6.84. The molecule has 0 aliphatic rings. The SMILES string of the molecule is C=C(C#N)CCC(=C)/C(C)=C/C=C(C)C. The third-order valence-corrected chi connectivity index (χ3v) is 2.11. The van der Waals surface area contributed by atoms with Crippen LogP contribution in [0.1, 0.15) is 33.6 Å². The molecule has 0 N–H and O–H groups in total. The maximum atomic E-state index is 8.56. The van der Waals surface area contributed by atoms with E-state index in [-0.39, 0.29) is 0 Å². The van der Waals surface area contributed by atoms with Crippen molar-refractivity contribution in [3.05, 3.63) is 47.6 Å². The largest absolute Gasteiger partial charge is 0.193 e. The second-order valence-corrected chi connectivity index (χ2v) is 3.91. The first-order valence-electron chi connectivity index (χ1n) is 5.05. The number of nitrogens with zero attached hydrogens (tertiary/aromatic N) is 1. The molecular weight excluding hydrogens is 182 g/mol. The molecule has 0 rings (SSSR count). The van der Waals surface area contributed by atoms with E-state index >= 15 is 0 Å². The number of hydrogen-bond donors (Lipinski definition) is 0. The standard InChI is InChI=1S/C14H19N/c1-11(2)6-8-13(4)14(5)9-7-12(3)10-15/h6,8H,3,5,7,9H2,1-2,4H3/b13-8+. The lowest BCUT2D eigenvalue weighted by atomic mass is 10.0. The Morgan fingerprint density at radius 3 is 2.20 bits per heavy atom. The van der Waals surface area contributed by atoms with Crippen LogP contribution in [-0.4, -0.2) is 0 Å². The van der Waals surface area contributed by atoms with Gasteiger partial charge < -0.3 is 0 Å². The highest BCUT2D eigenvalue weighted by Crippen LogP contribution is 2.16. The van der Waals surface area contributed by atoms with Gasteiger partial charge in [-0.15, -0.1) is 0 Å². The predicted molar refractivity (Wildman–Crippen MR) is 66.3 cm³/mol. The molecule has 0 aromatic carbocycles. The Kier molecular flexibility index (Phi) is 6.13. The van der Waals surface area contributed by atoms with Crippen molar-refractivity contribution < 1.29 is 0 Å². The summed E-state index contributed by atoms with van der Waals surface area (Å²) in [4.78, 5) is 0. The van der Waals surface area contributed by atoms with Crippen LogP contribution in [0.3, 0.4) is 0 Å². The van der Waals surface area contributed by atoms with Crippen molar-refractivity contribution in [2.75, 3.05) is 0 Å². The Labute approximate surface area is 93.1 Å². The molecule has 0 aliphatic carbocycles. The summed E-state index contributed by atoms with van der Waals surface area (Å²) in [5.41, 5.74) is 4.13. The number of hydrogen-bond acceptors (Lipinski definition) is 1. The minimum absolute atomic E-state index is 0.617. The number of nitriles is 1. The number of allylic oxidation sites excluding steroid dienone is 6. The van der Waals surface area contributed by atoms with Crippen LogP contribution < -0.4 is 0 Å². The number of rotatable bonds is 5. The minimum Gasteiger partial charge on any atom is -0.193 e. The first-order valence-corrected chi connectivity index (χ1v) is 5.05. The second-order valence-electron chi connectivity index (χ2n) is 3.91. The van der Waals surface area contributed by atoms with E-state index in [0.717, 1.165) is 12.0 Å². The van der Waals surface area contributed by atoms with E-state index in [1.807, 2.05) is 13.0 Å². The Hall–Kier alpha value is -1.55. The fourth-order valence-corrected chi connectivity index (χ4v) is 0.964. The van der Waals surface area contributed by atoms with E-state index in [0.29, 0.717) is 12.0 Å². The first-order chi connectivity index (χ1) is 6.97. The minimum atomic E-state index is 0.617. The molecule has 0 atom stereocenters. The summed E-state index contributed by atoms with van der Waals surface area (Å²) in [7, 11) is 0. The quantitative estimate of drug-likeness (QED) is 0.480. The van der Waals surface area contributed by atoms with Crippen molar-refractivity contribution in [2.45, 2.75) is 33.6 Å². The molecule has 0 radical (unpaired) electrons. The van der Waals surface area contributed by atoms with E-state index < -0.39 is 0 Å². The van der Waals surface area contributed by atoms with Crippen LogP contribution in [0.15, 0.2) is 47.6 Å². The fourth-order valence-electron chi connectivity index (χ4n) is 0.964. The Balaban J connectivity index is 4.24. The van der Waals surface area contributed by atoms with Crippen LogP contribution in [0.5, 0.6) is 0 Å². The lowest BCUT2D eigenvalue weighted by Crippen LogP contribution is -1.86. The highest BCUT2D eigenvalue weighted by atomic mass is 14.2. The van der Waals surface area contributed by atoms with Gasteiger partial charge in [-0.3, -0.25) is 0 Å².